The second-order valence-corrected chi connectivity index (χ2v) is 7.73. The predicted molar refractivity (Wildman–Crippen MR) is 107 cm³/mol. The fourth-order valence-corrected chi connectivity index (χ4v) is 3.03. The summed E-state index contributed by atoms with van der Waals surface area (Å²) in [6.07, 6.45) is 2.49. The largest absolute Gasteiger partial charge is 0.468 e. The minimum absolute atomic E-state index is 0.233. The molecule has 0 atom stereocenters. The van der Waals surface area contributed by atoms with Gasteiger partial charge in [-0.15, -0.1) is 0 Å². The molecule has 0 unspecified atom stereocenters. The number of hydroxylamine groups is 1. The third-order valence-corrected chi connectivity index (χ3v) is 4.67. The first-order valence-corrected chi connectivity index (χ1v) is 9.55. The average molecular weight is 379 g/mol. The second-order valence-electron chi connectivity index (χ2n) is 7.73. The zero-order valence-corrected chi connectivity index (χ0v) is 17.1. The molecule has 152 valence electrons. The van der Waals surface area contributed by atoms with E-state index in [2.05, 4.69) is 37.7 Å². The number of piperidine rings is 1. The lowest BCUT2D eigenvalue weighted by Gasteiger charge is -2.40. The van der Waals surface area contributed by atoms with Gasteiger partial charge in [0.05, 0.1) is 25.0 Å². The number of nitrogens with one attached hydrogen (secondary N) is 1. The maximum absolute atomic E-state index is 5.94. The van der Waals surface area contributed by atoms with Gasteiger partial charge in [-0.05, 0) is 63.4 Å². The van der Waals surface area contributed by atoms with Crippen LogP contribution in [0.4, 0.5) is 0 Å². The first kappa shape index (κ1) is 21.7. The molecule has 1 aromatic carbocycles. The smallest absolute Gasteiger partial charge is 0.188 e. The van der Waals surface area contributed by atoms with Gasteiger partial charge in [-0.25, -0.2) is 0 Å². The summed E-state index contributed by atoms with van der Waals surface area (Å²) in [5.41, 5.74) is 4.76. The van der Waals surface area contributed by atoms with Crippen LogP contribution in [0, 0.1) is 0 Å². The number of nitrogens with zero attached hydrogens (tertiary/aromatic N) is 1. The Morgan fingerprint density at radius 3 is 2.41 bits per heavy atom. The quantitative estimate of drug-likeness (QED) is 0.382. The highest BCUT2D eigenvalue weighted by molar-refractivity contribution is 5.61. The van der Waals surface area contributed by atoms with Crippen molar-refractivity contribution in [3.05, 3.63) is 36.4 Å². The lowest BCUT2D eigenvalue weighted by molar-refractivity contribution is -0.0444. The lowest BCUT2D eigenvalue weighted by Crippen LogP contribution is -2.47. The minimum atomic E-state index is 0.233. The van der Waals surface area contributed by atoms with Crippen molar-refractivity contribution < 1.29 is 19.0 Å². The molecule has 27 heavy (non-hydrogen) atoms. The molecule has 1 aromatic rings. The van der Waals surface area contributed by atoms with E-state index < -0.39 is 0 Å². The summed E-state index contributed by atoms with van der Waals surface area (Å²) in [5, 5.41) is 0. The van der Waals surface area contributed by atoms with Gasteiger partial charge in [-0.2, -0.15) is 0 Å². The highest BCUT2D eigenvalue weighted by Gasteiger charge is 2.27. The predicted octanol–water partition coefficient (Wildman–Crippen LogP) is 3.44. The van der Waals surface area contributed by atoms with Gasteiger partial charge in [0.1, 0.15) is 5.75 Å². The second kappa shape index (κ2) is 10.7. The molecule has 0 amide bonds. The van der Waals surface area contributed by atoms with Crippen LogP contribution in [0.15, 0.2) is 30.8 Å². The summed E-state index contributed by atoms with van der Waals surface area (Å²) in [7, 11) is 1.59. The fraction of sp³-hybridized carbons (Fsp3) is 0.619. The van der Waals surface area contributed by atoms with Crippen LogP contribution in [0.5, 0.6) is 5.75 Å². The molecule has 6 nitrogen and oxygen atoms in total. The molecule has 1 aliphatic rings. The van der Waals surface area contributed by atoms with Crippen molar-refractivity contribution in [2.24, 2.45) is 0 Å². The normalized spacial score (nSPS) is 16.3. The number of methoxy groups -OCH3 is 1. The maximum atomic E-state index is 5.94. The van der Waals surface area contributed by atoms with E-state index in [1.807, 2.05) is 24.3 Å². The molecule has 1 fully saturated rings. The summed E-state index contributed by atoms with van der Waals surface area (Å²) in [5.74, 6) is 0.750. The van der Waals surface area contributed by atoms with E-state index in [9.17, 15) is 0 Å². The number of likely N-dealkylation sites (tertiary alicyclic amines) is 1. The Labute approximate surface area is 163 Å². The van der Waals surface area contributed by atoms with E-state index in [1.54, 1.807) is 7.11 Å². The molecular weight excluding hydrogens is 344 g/mol. The monoisotopic (exact) mass is 378 g/mol. The van der Waals surface area contributed by atoms with Crippen LogP contribution in [0.25, 0.3) is 5.70 Å². The Hall–Kier alpha value is -1.60. The third-order valence-electron chi connectivity index (χ3n) is 4.67. The van der Waals surface area contributed by atoms with Crippen molar-refractivity contribution in [3.63, 3.8) is 0 Å². The van der Waals surface area contributed by atoms with Crippen LogP contribution in [-0.4, -0.2) is 56.7 Å². The summed E-state index contributed by atoms with van der Waals surface area (Å²) in [6, 6.07) is 7.58. The van der Waals surface area contributed by atoms with Crippen LogP contribution in [0.3, 0.4) is 0 Å². The Balaban J connectivity index is 1.58. The standard InChI is InChI=1S/C21H34N2O4/c1-17(18-6-8-19(9-7-18)26-16-24-5)22-27-15-14-25-20-10-12-23(13-11-20)21(2,3)4/h6-9,20,22H,1,10-16H2,2-5H3. The van der Waals surface area contributed by atoms with Crippen molar-refractivity contribution in [3.8, 4) is 5.75 Å². The zero-order valence-electron chi connectivity index (χ0n) is 17.1. The van der Waals surface area contributed by atoms with Crippen molar-refractivity contribution in [2.75, 3.05) is 40.2 Å². The molecule has 2 rings (SSSR count). The van der Waals surface area contributed by atoms with E-state index in [0.29, 0.717) is 25.0 Å². The molecule has 0 aliphatic carbocycles. The molecule has 0 saturated carbocycles. The van der Waals surface area contributed by atoms with E-state index >= 15 is 0 Å². The minimum Gasteiger partial charge on any atom is -0.468 e. The molecule has 0 spiro atoms. The van der Waals surface area contributed by atoms with Gasteiger partial charge in [0.2, 0.25) is 0 Å². The van der Waals surface area contributed by atoms with Gasteiger partial charge in [-0.1, -0.05) is 6.58 Å². The lowest BCUT2D eigenvalue weighted by atomic mass is 9.99. The molecule has 0 aromatic heterocycles. The molecule has 0 radical (unpaired) electrons. The SMILES string of the molecule is C=C(NOCCOC1CCN(C(C)(C)C)CC1)c1ccc(OCOC)cc1. The molecule has 6 heteroatoms. The summed E-state index contributed by atoms with van der Waals surface area (Å²) >= 11 is 0. The topological polar surface area (TPSA) is 52.2 Å². The van der Waals surface area contributed by atoms with E-state index in [-0.39, 0.29) is 12.3 Å². The van der Waals surface area contributed by atoms with Gasteiger partial charge >= 0.3 is 0 Å². The van der Waals surface area contributed by atoms with E-state index in [4.69, 9.17) is 19.0 Å². The van der Waals surface area contributed by atoms with Crippen molar-refractivity contribution in [2.45, 2.75) is 45.3 Å². The fourth-order valence-electron chi connectivity index (χ4n) is 3.03. The van der Waals surface area contributed by atoms with Gasteiger partial charge in [-0.3, -0.25) is 15.2 Å². The van der Waals surface area contributed by atoms with Gasteiger partial charge in [0, 0.05) is 25.7 Å². The van der Waals surface area contributed by atoms with E-state index in [1.165, 1.54) is 0 Å². The van der Waals surface area contributed by atoms with Crippen LogP contribution < -0.4 is 10.2 Å². The van der Waals surface area contributed by atoms with Gasteiger partial charge < -0.3 is 14.2 Å². The van der Waals surface area contributed by atoms with Crippen LogP contribution in [-0.2, 0) is 14.3 Å². The Kier molecular flexibility index (Phi) is 8.57. The highest BCUT2D eigenvalue weighted by atomic mass is 16.7. The number of hydrogen-bond acceptors (Lipinski definition) is 6. The molecule has 1 aliphatic heterocycles. The Morgan fingerprint density at radius 2 is 1.81 bits per heavy atom. The van der Waals surface area contributed by atoms with Crippen molar-refractivity contribution in [1.29, 1.82) is 0 Å². The van der Waals surface area contributed by atoms with Gasteiger partial charge in [0.15, 0.2) is 6.79 Å². The molecule has 1 saturated heterocycles. The van der Waals surface area contributed by atoms with Crippen molar-refractivity contribution in [1.82, 2.24) is 10.4 Å². The highest BCUT2D eigenvalue weighted by Crippen LogP contribution is 2.21. The Bertz CT molecular complexity index is 561. The molecule has 0 bridgehead atoms. The summed E-state index contributed by atoms with van der Waals surface area (Å²) < 4.78 is 16.2. The van der Waals surface area contributed by atoms with Crippen molar-refractivity contribution >= 4 is 5.70 Å². The number of hydrogen-bond donors (Lipinski definition) is 1. The van der Waals surface area contributed by atoms with Crippen LogP contribution in [0.1, 0.15) is 39.2 Å². The number of rotatable bonds is 10. The number of benzene rings is 1. The third kappa shape index (κ3) is 7.50. The van der Waals surface area contributed by atoms with E-state index in [0.717, 1.165) is 37.2 Å². The van der Waals surface area contributed by atoms with Gasteiger partial charge in [0.25, 0.3) is 0 Å². The first-order valence-electron chi connectivity index (χ1n) is 9.55. The molecule has 1 heterocycles. The number of ether oxygens (including phenoxy) is 3. The molecule has 1 N–H and O–H groups in total. The Morgan fingerprint density at radius 1 is 1.15 bits per heavy atom. The average Bonchev–Trinajstić information content (AvgIpc) is 2.66. The zero-order chi connectivity index (χ0) is 19.7. The van der Waals surface area contributed by atoms with Crippen LogP contribution in [0.2, 0.25) is 0 Å². The molecular formula is C21H34N2O4. The summed E-state index contributed by atoms with van der Waals surface area (Å²) in [6.45, 7) is 14.3. The first-order chi connectivity index (χ1) is 12.9. The maximum Gasteiger partial charge on any atom is 0.188 e. The van der Waals surface area contributed by atoms with Crippen LogP contribution >= 0.6 is 0 Å². The summed E-state index contributed by atoms with van der Waals surface area (Å²) in [4.78, 5) is 7.99.